The third kappa shape index (κ3) is 34.1. The zero-order chi connectivity index (χ0) is 12.9. The number of phenolic OH excluding ortho intramolecular Hbond substituents is 2. The molecule has 2 rings (SSSR count). The molecule has 138 valence electrons. The smallest absolute Gasteiger partial charge is 0.335 e. The predicted molar refractivity (Wildman–Crippen MR) is 109 cm³/mol. The van der Waals surface area contributed by atoms with Gasteiger partial charge in [0.05, 0.1) is 0 Å². The molecule has 2 aromatic rings. The maximum absolute atomic E-state index is 8.63. The highest BCUT2D eigenvalue weighted by Gasteiger charge is 1.75. The van der Waals surface area contributed by atoms with Crippen LogP contribution in [0.1, 0.15) is 0 Å². The van der Waals surface area contributed by atoms with Crippen molar-refractivity contribution < 1.29 is 18.6 Å². The van der Waals surface area contributed by atoms with E-state index in [-0.39, 0.29) is 74.4 Å². The number of halogens is 6. The topological polar surface area (TPSA) is 74.6 Å². The van der Waals surface area contributed by atoms with Crippen LogP contribution < -0.4 is 0 Å². The zero-order valence-electron chi connectivity index (χ0n) is 11.3. The molecule has 0 atom stereocenters. The van der Waals surface area contributed by atoms with Crippen LogP contribution in [0.3, 0.4) is 0 Å². The van der Waals surface area contributed by atoms with Gasteiger partial charge in [-0.3, -0.25) is 0 Å². The Hall–Kier alpha value is -0.400. The second-order valence-corrected chi connectivity index (χ2v) is 2.88. The van der Waals surface area contributed by atoms with Gasteiger partial charge in [0, 0.05) is 0 Å². The molecule has 0 bridgehead atoms. The Morgan fingerprint density at radius 3 is 0.783 bits per heavy atom. The SMILES string of the molecule is Cl.Cl.Cl.Cl.Cl.Cl.O=S=O.Oc1ccccc1.Oc1ccccc1. The number of benzene rings is 2. The monoisotopic (exact) mass is 468 g/mol. The lowest BCUT2D eigenvalue weighted by molar-refractivity contribution is 0.475. The summed E-state index contributed by atoms with van der Waals surface area (Å²) in [5.74, 6) is 0.644. The summed E-state index contributed by atoms with van der Waals surface area (Å²) in [6, 6.07) is 17.4. The van der Waals surface area contributed by atoms with Crippen molar-refractivity contribution in [3.8, 4) is 11.5 Å². The fourth-order valence-corrected chi connectivity index (χ4v) is 0.856. The predicted octanol–water partition coefficient (Wildman–Crippen LogP) is 4.65. The van der Waals surface area contributed by atoms with Gasteiger partial charge < -0.3 is 10.2 Å². The lowest BCUT2D eigenvalue weighted by atomic mass is 10.3. The highest BCUT2D eigenvalue weighted by atomic mass is 35.5. The van der Waals surface area contributed by atoms with Crippen LogP contribution in [-0.4, -0.2) is 18.6 Å². The first-order chi connectivity index (χ1) is 8.20. The number of para-hydroxylation sites is 2. The van der Waals surface area contributed by atoms with Gasteiger partial charge >= 0.3 is 11.6 Å². The minimum absolute atomic E-state index is 0. The first-order valence-corrected chi connectivity index (χ1v) is 5.27. The summed E-state index contributed by atoms with van der Waals surface area (Å²) >= 11 is -0.750. The quantitative estimate of drug-likeness (QED) is 0.588. The summed E-state index contributed by atoms with van der Waals surface area (Å²) in [6.07, 6.45) is 0. The highest BCUT2D eigenvalue weighted by molar-refractivity contribution is 7.51. The Kier molecular flexibility index (Phi) is 62.7. The molecule has 0 unspecified atom stereocenters. The molecule has 0 aliphatic rings. The molecule has 0 aliphatic heterocycles. The standard InChI is InChI=1S/2C6H6O.6ClH.O2S/c2*7-6-4-2-1-3-5-6;;;;;;;1-3-2/h2*1-5,7H;6*1H;. The fraction of sp³-hybridized carbons (Fsp3) is 0. The summed E-state index contributed by atoms with van der Waals surface area (Å²) in [4.78, 5) is 0. The van der Waals surface area contributed by atoms with Gasteiger partial charge in [-0.15, -0.1) is 74.4 Å². The lowest BCUT2D eigenvalue weighted by Gasteiger charge is -1.82. The van der Waals surface area contributed by atoms with Crippen molar-refractivity contribution in [3.05, 3.63) is 60.7 Å². The van der Waals surface area contributed by atoms with Crippen molar-refractivity contribution in [1.29, 1.82) is 0 Å². The molecular weight excluding hydrogens is 453 g/mol. The molecule has 0 aromatic heterocycles. The Morgan fingerprint density at radius 1 is 0.522 bits per heavy atom. The third-order valence-electron chi connectivity index (χ3n) is 1.51. The van der Waals surface area contributed by atoms with Crippen molar-refractivity contribution in [2.45, 2.75) is 0 Å². The normalized spacial score (nSPS) is 5.74. The number of rotatable bonds is 0. The Morgan fingerprint density at radius 2 is 0.696 bits per heavy atom. The Labute approximate surface area is 176 Å². The van der Waals surface area contributed by atoms with E-state index in [0.717, 1.165) is 0 Å². The van der Waals surface area contributed by atoms with Crippen molar-refractivity contribution in [2.75, 3.05) is 0 Å². The van der Waals surface area contributed by atoms with Crippen LogP contribution in [0.15, 0.2) is 60.7 Å². The third-order valence-corrected chi connectivity index (χ3v) is 1.51. The number of phenols is 2. The van der Waals surface area contributed by atoms with Crippen LogP contribution >= 0.6 is 74.4 Å². The van der Waals surface area contributed by atoms with Crippen LogP contribution in [0.4, 0.5) is 0 Å². The van der Waals surface area contributed by atoms with Gasteiger partial charge in [-0.1, -0.05) is 36.4 Å². The van der Waals surface area contributed by atoms with Crippen molar-refractivity contribution >= 4 is 86.0 Å². The molecule has 11 heteroatoms. The summed E-state index contributed by atoms with van der Waals surface area (Å²) < 4.78 is 16.6. The van der Waals surface area contributed by atoms with Gasteiger partial charge in [0.25, 0.3) is 0 Å². The molecule has 0 radical (unpaired) electrons. The minimum Gasteiger partial charge on any atom is -0.508 e. The summed E-state index contributed by atoms with van der Waals surface area (Å²) in [7, 11) is 0. The van der Waals surface area contributed by atoms with E-state index in [0.29, 0.717) is 11.5 Å². The molecule has 0 spiro atoms. The molecule has 4 nitrogen and oxygen atoms in total. The van der Waals surface area contributed by atoms with Crippen LogP contribution in [0.25, 0.3) is 0 Å². The van der Waals surface area contributed by atoms with E-state index in [1.54, 1.807) is 48.5 Å². The number of aromatic hydroxyl groups is 2. The van der Waals surface area contributed by atoms with E-state index in [9.17, 15) is 0 Å². The van der Waals surface area contributed by atoms with Gasteiger partial charge in [-0.25, -0.2) is 0 Å². The van der Waals surface area contributed by atoms with Crippen molar-refractivity contribution in [1.82, 2.24) is 0 Å². The largest absolute Gasteiger partial charge is 0.508 e. The van der Waals surface area contributed by atoms with E-state index >= 15 is 0 Å². The molecule has 0 aliphatic carbocycles. The molecule has 0 saturated carbocycles. The molecule has 0 saturated heterocycles. The Bertz CT molecular complexity index is 406. The van der Waals surface area contributed by atoms with Gasteiger partial charge in [0.15, 0.2) is 0 Å². The second-order valence-electron chi connectivity index (χ2n) is 2.74. The van der Waals surface area contributed by atoms with Gasteiger partial charge in [-0.2, -0.15) is 8.42 Å². The maximum Gasteiger partial charge on any atom is 0.335 e. The Balaban J connectivity index is -0.0000000312. The van der Waals surface area contributed by atoms with Gasteiger partial charge in [0.2, 0.25) is 0 Å². The zero-order valence-corrected chi connectivity index (χ0v) is 17.1. The van der Waals surface area contributed by atoms with Crippen LogP contribution in [0, 0.1) is 0 Å². The van der Waals surface area contributed by atoms with Crippen LogP contribution in [0.5, 0.6) is 11.5 Å². The van der Waals surface area contributed by atoms with Gasteiger partial charge in [-0.05, 0) is 24.3 Å². The molecule has 0 heterocycles. The highest BCUT2D eigenvalue weighted by Crippen LogP contribution is 2.03. The number of hydrogen-bond acceptors (Lipinski definition) is 4. The summed E-state index contributed by atoms with van der Waals surface area (Å²) in [5.41, 5.74) is 0. The second kappa shape index (κ2) is 33.3. The maximum atomic E-state index is 8.63. The van der Waals surface area contributed by atoms with E-state index in [4.69, 9.17) is 18.6 Å². The van der Waals surface area contributed by atoms with E-state index < -0.39 is 11.6 Å². The van der Waals surface area contributed by atoms with Crippen molar-refractivity contribution in [2.24, 2.45) is 0 Å². The van der Waals surface area contributed by atoms with E-state index in [2.05, 4.69) is 0 Å². The summed E-state index contributed by atoms with van der Waals surface area (Å²) in [5, 5.41) is 17.3. The first kappa shape index (κ1) is 43.3. The molecule has 0 fully saturated rings. The average molecular weight is 471 g/mol. The van der Waals surface area contributed by atoms with E-state index in [1.165, 1.54) is 0 Å². The molecule has 2 N–H and O–H groups in total. The molecular formula is C12H18Cl6O4S. The van der Waals surface area contributed by atoms with Crippen molar-refractivity contribution in [3.63, 3.8) is 0 Å². The molecule has 0 amide bonds. The molecule has 2 aromatic carbocycles. The lowest BCUT2D eigenvalue weighted by Crippen LogP contribution is -1.56. The average Bonchev–Trinajstić information content (AvgIpc) is 2.33. The fourth-order valence-electron chi connectivity index (χ4n) is 0.856. The van der Waals surface area contributed by atoms with Crippen LogP contribution in [0.2, 0.25) is 0 Å². The summed E-state index contributed by atoms with van der Waals surface area (Å²) in [6.45, 7) is 0. The molecule has 23 heavy (non-hydrogen) atoms. The number of hydrogen-bond donors (Lipinski definition) is 2. The van der Waals surface area contributed by atoms with Gasteiger partial charge in [0.1, 0.15) is 11.5 Å². The minimum atomic E-state index is -0.750. The van der Waals surface area contributed by atoms with Crippen LogP contribution in [-0.2, 0) is 11.6 Å². The van der Waals surface area contributed by atoms with E-state index in [1.807, 2.05) is 12.1 Å². The first-order valence-electron chi connectivity index (χ1n) is 4.60.